The van der Waals surface area contributed by atoms with Crippen LogP contribution in [0.15, 0.2) is 42.5 Å². The molecule has 0 aromatic heterocycles. The van der Waals surface area contributed by atoms with Gasteiger partial charge in [0.05, 0.1) is 4.92 Å². The number of nitro benzene ring substituents is 1. The molecule has 0 aliphatic rings. The molecule has 0 unspecified atom stereocenters. The average molecular weight is 296 g/mol. The Morgan fingerprint density at radius 2 is 1.79 bits per heavy atom. The number of carbonyl (C=O) groups excluding carboxylic acids is 1. The summed E-state index contributed by atoms with van der Waals surface area (Å²) in [5.41, 5.74) is -0.174. The average Bonchev–Trinajstić information content (AvgIpc) is 2.37. The van der Waals surface area contributed by atoms with Crippen LogP contribution in [0.4, 0.5) is 5.69 Å². The van der Waals surface area contributed by atoms with Crippen molar-refractivity contribution < 1.29 is 9.72 Å². The van der Waals surface area contributed by atoms with Gasteiger partial charge >= 0.3 is 0 Å². The highest BCUT2D eigenvalue weighted by molar-refractivity contribution is 6.34. The fourth-order valence-electron chi connectivity index (χ4n) is 1.67. The van der Waals surface area contributed by atoms with Crippen LogP contribution >= 0.6 is 23.2 Å². The number of carbonyl (C=O) groups is 1. The van der Waals surface area contributed by atoms with Crippen molar-refractivity contribution in [3.05, 3.63) is 73.8 Å². The zero-order valence-electron chi connectivity index (χ0n) is 9.47. The summed E-state index contributed by atoms with van der Waals surface area (Å²) in [6.45, 7) is 0. The van der Waals surface area contributed by atoms with Gasteiger partial charge < -0.3 is 0 Å². The molecule has 96 valence electrons. The van der Waals surface area contributed by atoms with E-state index in [4.69, 9.17) is 23.2 Å². The topological polar surface area (TPSA) is 60.2 Å². The third-order valence-corrected chi connectivity index (χ3v) is 3.04. The second-order valence-electron chi connectivity index (χ2n) is 3.73. The molecule has 0 spiro atoms. The summed E-state index contributed by atoms with van der Waals surface area (Å²) in [5, 5.41) is 11.3. The van der Waals surface area contributed by atoms with Gasteiger partial charge in [0.25, 0.3) is 5.69 Å². The van der Waals surface area contributed by atoms with Crippen LogP contribution in [0.5, 0.6) is 0 Å². The lowest BCUT2D eigenvalue weighted by Crippen LogP contribution is -2.05. The van der Waals surface area contributed by atoms with Crippen molar-refractivity contribution in [2.24, 2.45) is 0 Å². The highest BCUT2D eigenvalue weighted by Crippen LogP contribution is 2.30. The summed E-state index contributed by atoms with van der Waals surface area (Å²) in [4.78, 5) is 22.6. The molecule has 0 saturated carbocycles. The quantitative estimate of drug-likeness (QED) is 0.486. The van der Waals surface area contributed by atoms with Gasteiger partial charge in [-0.2, -0.15) is 0 Å². The monoisotopic (exact) mass is 295 g/mol. The summed E-state index contributed by atoms with van der Waals surface area (Å²) in [6, 6.07) is 10.4. The first-order chi connectivity index (χ1) is 9.00. The van der Waals surface area contributed by atoms with Crippen LogP contribution in [-0.4, -0.2) is 10.7 Å². The molecule has 2 aromatic rings. The van der Waals surface area contributed by atoms with E-state index in [1.54, 1.807) is 18.2 Å². The molecule has 0 N–H and O–H groups in total. The maximum Gasteiger partial charge on any atom is 0.298 e. The van der Waals surface area contributed by atoms with E-state index in [2.05, 4.69) is 0 Å². The van der Waals surface area contributed by atoms with E-state index in [9.17, 15) is 14.9 Å². The van der Waals surface area contributed by atoms with Gasteiger partial charge in [-0.25, -0.2) is 0 Å². The largest absolute Gasteiger partial charge is 0.298 e. The van der Waals surface area contributed by atoms with Crippen molar-refractivity contribution in [1.82, 2.24) is 0 Å². The fourth-order valence-corrected chi connectivity index (χ4v) is 2.10. The lowest BCUT2D eigenvalue weighted by atomic mass is 10.0. The lowest BCUT2D eigenvalue weighted by molar-refractivity contribution is -0.385. The molecule has 6 heteroatoms. The predicted molar refractivity (Wildman–Crippen MR) is 73.0 cm³/mol. The molecule has 0 atom stereocenters. The van der Waals surface area contributed by atoms with Gasteiger partial charge in [0.15, 0.2) is 5.78 Å². The van der Waals surface area contributed by atoms with E-state index in [1.807, 2.05) is 0 Å². The lowest BCUT2D eigenvalue weighted by Gasteiger charge is -2.04. The molecule has 0 bridgehead atoms. The van der Waals surface area contributed by atoms with Gasteiger partial charge in [0, 0.05) is 10.6 Å². The summed E-state index contributed by atoms with van der Waals surface area (Å²) < 4.78 is 0. The van der Waals surface area contributed by atoms with Crippen molar-refractivity contribution in [3.63, 3.8) is 0 Å². The van der Waals surface area contributed by atoms with Gasteiger partial charge in [-0.1, -0.05) is 41.4 Å². The van der Waals surface area contributed by atoms with Gasteiger partial charge in [-0.15, -0.1) is 0 Å². The molecule has 0 radical (unpaired) electrons. The predicted octanol–water partition coefficient (Wildman–Crippen LogP) is 4.13. The van der Waals surface area contributed by atoms with Crippen LogP contribution in [0.3, 0.4) is 0 Å². The van der Waals surface area contributed by atoms with E-state index in [1.165, 1.54) is 24.3 Å². The molecule has 0 heterocycles. The minimum absolute atomic E-state index is 0.0558. The van der Waals surface area contributed by atoms with Crippen LogP contribution < -0.4 is 0 Å². The summed E-state index contributed by atoms with van der Waals surface area (Å²) in [6.07, 6.45) is 0. The normalized spacial score (nSPS) is 10.2. The number of nitro groups is 1. The summed E-state index contributed by atoms with van der Waals surface area (Å²) >= 11 is 11.6. The standard InChI is InChI=1S/C13H7Cl2NO3/c14-9-4-1-3-8(7-9)13(17)10-5-2-6-11(15)12(10)16(18)19/h1-7H. The molecular formula is C13H7Cl2NO3. The van der Waals surface area contributed by atoms with Crippen LogP contribution in [0.25, 0.3) is 0 Å². The van der Waals surface area contributed by atoms with Crippen LogP contribution in [0.1, 0.15) is 15.9 Å². The maximum absolute atomic E-state index is 12.3. The zero-order valence-corrected chi connectivity index (χ0v) is 11.0. The van der Waals surface area contributed by atoms with Crippen LogP contribution in [0.2, 0.25) is 10.0 Å². The minimum atomic E-state index is -0.667. The first-order valence-corrected chi connectivity index (χ1v) is 5.99. The minimum Gasteiger partial charge on any atom is -0.288 e. The Morgan fingerprint density at radius 3 is 2.42 bits per heavy atom. The molecule has 2 aromatic carbocycles. The van der Waals surface area contributed by atoms with Crippen LogP contribution in [0, 0.1) is 10.1 Å². The molecular weight excluding hydrogens is 289 g/mol. The number of benzene rings is 2. The molecule has 4 nitrogen and oxygen atoms in total. The Morgan fingerprint density at radius 1 is 1.11 bits per heavy atom. The molecule has 0 amide bonds. The van der Waals surface area contributed by atoms with Crippen molar-refractivity contribution in [2.75, 3.05) is 0 Å². The third kappa shape index (κ3) is 2.75. The second kappa shape index (κ2) is 5.38. The highest BCUT2D eigenvalue weighted by atomic mass is 35.5. The summed E-state index contributed by atoms with van der Waals surface area (Å²) in [5.74, 6) is -0.489. The number of hydrogen-bond acceptors (Lipinski definition) is 3. The smallest absolute Gasteiger partial charge is 0.288 e. The summed E-state index contributed by atoms with van der Waals surface area (Å²) in [7, 11) is 0. The number of nitrogens with zero attached hydrogens (tertiary/aromatic N) is 1. The van der Waals surface area contributed by atoms with Crippen molar-refractivity contribution in [1.29, 1.82) is 0 Å². The molecule has 2 rings (SSSR count). The Kier molecular flexibility index (Phi) is 3.83. The van der Waals surface area contributed by atoms with Crippen LogP contribution in [-0.2, 0) is 0 Å². The number of para-hydroxylation sites is 1. The third-order valence-electron chi connectivity index (χ3n) is 2.50. The van der Waals surface area contributed by atoms with E-state index in [0.29, 0.717) is 5.02 Å². The Balaban J connectivity index is 2.57. The molecule has 19 heavy (non-hydrogen) atoms. The number of ketones is 1. The fraction of sp³-hybridized carbons (Fsp3) is 0. The maximum atomic E-state index is 12.3. The number of halogens is 2. The molecule has 0 aliphatic carbocycles. The van der Waals surface area contributed by atoms with Gasteiger partial charge in [-0.3, -0.25) is 14.9 Å². The van der Waals surface area contributed by atoms with Gasteiger partial charge in [0.1, 0.15) is 10.6 Å². The Hall–Kier alpha value is -1.91. The van der Waals surface area contributed by atoms with E-state index in [0.717, 1.165) is 0 Å². The molecule has 0 aliphatic heterocycles. The van der Waals surface area contributed by atoms with Crippen molar-refractivity contribution in [3.8, 4) is 0 Å². The first kappa shape index (κ1) is 13.5. The van der Waals surface area contributed by atoms with E-state index >= 15 is 0 Å². The van der Waals surface area contributed by atoms with E-state index in [-0.39, 0.29) is 16.1 Å². The number of rotatable bonds is 3. The van der Waals surface area contributed by atoms with Crippen molar-refractivity contribution in [2.45, 2.75) is 0 Å². The van der Waals surface area contributed by atoms with Crippen molar-refractivity contribution >= 4 is 34.7 Å². The number of hydrogen-bond donors (Lipinski definition) is 0. The molecule has 0 fully saturated rings. The Labute approximate surface area is 118 Å². The van der Waals surface area contributed by atoms with Gasteiger partial charge in [0.2, 0.25) is 0 Å². The Bertz CT molecular complexity index is 671. The molecule has 0 saturated heterocycles. The SMILES string of the molecule is O=C(c1cccc(Cl)c1)c1cccc(Cl)c1[N+](=O)[O-]. The second-order valence-corrected chi connectivity index (χ2v) is 4.58. The zero-order chi connectivity index (χ0) is 14.0. The van der Waals surface area contributed by atoms with E-state index < -0.39 is 16.4 Å². The van der Waals surface area contributed by atoms with Gasteiger partial charge in [-0.05, 0) is 24.3 Å². The first-order valence-electron chi connectivity index (χ1n) is 5.24. The highest BCUT2D eigenvalue weighted by Gasteiger charge is 2.24.